The fourth-order valence-electron chi connectivity index (χ4n) is 1.02. The number of rotatable bonds is 6. The highest BCUT2D eigenvalue weighted by Crippen LogP contribution is 2.04. The Kier molecular flexibility index (Phi) is 16.5. The molecule has 0 saturated heterocycles. The van der Waals surface area contributed by atoms with Crippen molar-refractivity contribution in [1.82, 2.24) is 5.32 Å². The van der Waals surface area contributed by atoms with E-state index in [1.807, 2.05) is 7.05 Å². The minimum Gasteiger partial charge on any atom is -0.317 e. The molecule has 1 N–H and O–H groups in total. The Labute approximate surface area is 83.1 Å². The van der Waals surface area contributed by atoms with Crippen molar-refractivity contribution in [2.75, 3.05) is 7.05 Å². The normalized spacial score (nSPS) is 11.4. The van der Waals surface area contributed by atoms with Crippen molar-refractivity contribution >= 4 is 6.29 Å². The molecule has 0 aliphatic rings. The van der Waals surface area contributed by atoms with Crippen LogP contribution in [0.4, 0.5) is 0 Å². The number of hydrogen-bond donors (Lipinski definition) is 1. The summed E-state index contributed by atoms with van der Waals surface area (Å²) in [7, 11) is 2.03. The van der Waals surface area contributed by atoms with Crippen molar-refractivity contribution in [2.45, 2.75) is 58.9 Å². The highest BCUT2D eigenvalue weighted by Gasteiger charge is 1.95. The van der Waals surface area contributed by atoms with E-state index < -0.39 is 0 Å². The van der Waals surface area contributed by atoms with Crippen LogP contribution in [0.1, 0.15) is 52.9 Å². The van der Waals surface area contributed by atoms with Gasteiger partial charge < -0.3 is 10.1 Å². The average molecular weight is 187 g/mol. The zero-order valence-electron chi connectivity index (χ0n) is 9.60. The minimum atomic E-state index is 0.705. The van der Waals surface area contributed by atoms with Gasteiger partial charge in [0, 0.05) is 6.04 Å². The van der Waals surface area contributed by atoms with Crippen LogP contribution in [0.3, 0.4) is 0 Å². The first kappa shape index (κ1) is 15.1. The molecule has 0 aromatic carbocycles. The van der Waals surface area contributed by atoms with Gasteiger partial charge in [-0.2, -0.15) is 0 Å². The number of carbonyl (C=O) groups excluding carboxylic acids is 1. The molecule has 0 heterocycles. The SMILES string of the molecule is CC=O.CCCCCC[C@@H](C)NC. The van der Waals surface area contributed by atoms with E-state index in [1.54, 1.807) is 0 Å². The summed E-state index contributed by atoms with van der Waals surface area (Å²) < 4.78 is 0. The minimum absolute atomic E-state index is 0.705. The van der Waals surface area contributed by atoms with E-state index in [-0.39, 0.29) is 0 Å². The van der Waals surface area contributed by atoms with E-state index in [2.05, 4.69) is 19.2 Å². The van der Waals surface area contributed by atoms with Gasteiger partial charge in [-0.3, -0.25) is 0 Å². The largest absolute Gasteiger partial charge is 0.317 e. The van der Waals surface area contributed by atoms with Gasteiger partial charge in [-0.15, -0.1) is 0 Å². The van der Waals surface area contributed by atoms with Gasteiger partial charge in [0.2, 0.25) is 0 Å². The quantitative estimate of drug-likeness (QED) is 0.512. The first-order valence-electron chi connectivity index (χ1n) is 5.29. The van der Waals surface area contributed by atoms with Crippen LogP contribution < -0.4 is 5.32 Å². The lowest BCUT2D eigenvalue weighted by molar-refractivity contribution is -0.106. The molecule has 0 rings (SSSR count). The van der Waals surface area contributed by atoms with E-state index in [1.165, 1.54) is 39.0 Å². The van der Waals surface area contributed by atoms with Crippen molar-refractivity contribution in [3.05, 3.63) is 0 Å². The Hall–Kier alpha value is -0.370. The van der Waals surface area contributed by atoms with E-state index >= 15 is 0 Å². The van der Waals surface area contributed by atoms with Crippen LogP contribution in [0.5, 0.6) is 0 Å². The van der Waals surface area contributed by atoms with E-state index in [4.69, 9.17) is 4.79 Å². The van der Waals surface area contributed by atoms with E-state index in [0.29, 0.717) is 6.04 Å². The van der Waals surface area contributed by atoms with Crippen LogP contribution in [-0.4, -0.2) is 19.4 Å². The topological polar surface area (TPSA) is 29.1 Å². The molecule has 13 heavy (non-hydrogen) atoms. The highest BCUT2D eigenvalue weighted by molar-refractivity contribution is 5.44. The first-order valence-corrected chi connectivity index (χ1v) is 5.29. The Morgan fingerprint density at radius 2 is 1.85 bits per heavy atom. The highest BCUT2D eigenvalue weighted by atomic mass is 16.1. The fraction of sp³-hybridized carbons (Fsp3) is 0.909. The van der Waals surface area contributed by atoms with Gasteiger partial charge in [0.05, 0.1) is 0 Å². The average Bonchev–Trinajstić information content (AvgIpc) is 2.13. The number of carbonyl (C=O) groups is 1. The maximum absolute atomic E-state index is 8.81. The summed E-state index contributed by atoms with van der Waals surface area (Å²) in [6.07, 6.45) is 7.61. The maximum Gasteiger partial charge on any atom is 0.116 e. The van der Waals surface area contributed by atoms with Crippen LogP contribution in [-0.2, 0) is 4.79 Å². The summed E-state index contributed by atoms with van der Waals surface area (Å²) in [6, 6.07) is 0.705. The molecule has 0 unspecified atom stereocenters. The van der Waals surface area contributed by atoms with Gasteiger partial charge in [0.1, 0.15) is 6.29 Å². The van der Waals surface area contributed by atoms with Crippen molar-refractivity contribution in [1.29, 1.82) is 0 Å². The monoisotopic (exact) mass is 187 g/mol. The van der Waals surface area contributed by atoms with Crippen LogP contribution in [0.25, 0.3) is 0 Å². The summed E-state index contributed by atoms with van der Waals surface area (Å²) in [6.45, 7) is 5.94. The molecule has 2 heteroatoms. The molecule has 0 saturated carbocycles. The molecular weight excluding hydrogens is 162 g/mol. The molecule has 0 fully saturated rings. The standard InChI is InChI=1S/C9H21N.C2H4O/c1-4-5-6-7-8-9(2)10-3;1-2-3/h9-10H,4-8H2,1-3H3;2H,1H3/t9-;/m1./s1. The second-order valence-electron chi connectivity index (χ2n) is 3.27. The van der Waals surface area contributed by atoms with E-state index in [0.717, 1.165) is 6.29 Å². The molecule has 0 aromatic heterocycles. The third-order valence-corrected chi connectivity index (χ3v) is 1.98. The number of aldehydes is 1. The Morgan fingerprint density at radius 1 is 1.31 bits per heavy atom. The molecule has 0 aromatic rings. The van der Waals surface area contributed by atoms with Gasteiger partial charge in [0.25, 0.3) is 0 Å². The lowest BCUT2D eigenvalue weighted by Crippen LogP contribution is -2.20. The summed E-state index contributed by atoms with van der Waals surface area (Å²) in [5, 5.41) is 3.24. The molecule has 0 spiro atoms. The van der Waals surface area contributed by atoms with Crippen molar-refractivity contribution in [3.63, 3.8) is 0 Å². The van der Waals surface area contributed by atoms with Crippen LogP contribution in [0, 0.1) is 0 Å². The molecule has 0 aliphatic heterocycles. The predicted molar refractivity (Wildman–Crippen MR) is 59.0 cm³/mol. The fourth-order valence-corrected chi connectivity index (χ4v) is 1.02. The molecule has 0 bridgehead atoms. The van der Waals surface area contributed by atoms with Crippen LogP contribution in [0.2, 0.25) is 0 Å². The Balaban J connectivity index is 0. The molecule has 80 valence electrons. The van der Waals surface area contributed by atoms with Crippen molar-refractivity contribution < 1.29 is 4.79 Å². The lowest BCUT2D eigenvalue weighted by atomic mass is 10.1. The molecular formula is C11H25NO. The summed E-state index contributed by atoms with van der Waals surface area (Å²) >= 11 is 0. The smallest absolute Gasteiger partial charge is 0.116 e. The van der Waals surface area contributed by atoms with Crippen molar-refractivity contribution in [3.8, 4) is 0 Å². The predicted octanol–water partition coefficient (Wildman–Crippen LogP) is 2.77. The first-order chi connectivity index (χ1) is 6.22. The third kappa shape index (κ3) is 18.5. The van der Waals surface area contributed by atoms with E-state index in [9.17, 15) is 0 Å². The van der Waals surface area contributed by atoms with Crippen molar-refractivity contribution in [2.24, 2.45) is 0 Å². The molecule has 0 aliphatic carbocycles. The molecule has 0 radical (unpaired) electrons. The zero-order chi connectivity index (χ0) is 10.5. The Bertz CT molecular complexity index is 94.1. The second kappa shape index (κ2) is 14.2. The van der Waals surface area contributed by atoms with Gasteiger partial charge in [-0.05, 0) is 27.3 Å². The number of nitrogens with one attached hydrogen (secondary N) is 1. The molecule has 0 amide bonds. The molecule has 2 nitrogen and oxygen atoms in total. The van der Waals surface area contributed by atoms with Gasteiger partial charge in [-0.1, -0.05) is 32.6 Å². The summed E-state index contributed by atoms with van der Waals surface area (Å²) in [5.41, 5.74) is 0. The third-order valence-electron chi connectivity index (χ3n) is 1.98. The van der Waals surface area contributed by atoms with Crippen LogP contribution >= 0.6 is 0 Å². The maximum atomic E-state index is 8.81. The van der Waals surface area contributed by atoms with Gasteiger partial charge in [0.15, 0.2) is 0 Å². The number of hydrogen-bond acceptors (Lipinski definition) is 2. The number of unbranched alkanes of at least 4 members (excludes halogenated alkanes) is 3. The zero-order valence-corrected chi connectivity index (χ0v) is 9.60. The van der Waals surface area contributed by atoms with Gasteiger partial charge >= 0.3 is 0 Å². The Morgan fingerprint density at radius 3 is 2.23 bits per heavy atom. The lowest BCUT2D eigenvalue weighted by Gasteiger charge is -2.08. The van der Waals surface area contributed by atoms with Crippen LogP contribution in [0.15, 0.2) is 0 Å². The second-order valence-corrected chi connectivity index (χ2v) is 3.27. The van der Waals surface area contributed by atoms with Gasteiger partial charge in [-0.25, -0.2) is 0 Å². The summed E-state index contributed by atoms with van der Waals surface area (Å²) in [5.74, 6) is 0. The molecule has 1 atom stereocenters. The summed E-state index contributed by atoms with van der Waals surface area (Å²) in [4.78, 5) is 8.81.